The molecule has 1 atom stereocenters. The highest BCUT2D eigenvalue weighted by molar-refractivity contribution is 4.69. The maximum atomic E-state index is 3.49. The molecule has 0 aromatic carbocycles. The van der Waals surface area contributed by atoms with Gasteiger partial charge >= 0.3 is 0 Å². The van der Waals surface area contributed by atoms with Gasteiger partial charge in [-0.15, -0.1) is 0 Å². The summed E-state index contributed by atoms with van der Waals surface area (Å²) in [6, 6.07) is 0.630. The fraction of sp³-hybridized carbons (Fsp3) is 1.00. The summed E-state index contributed by atoms with van der Waals surface area (Å²) in [6.45, 7) is 11.2. The molecule has 0 aromatic heterocycles. The third-order valence-electron chi connectivity index (χ3n) is 2.97. The molecule has 104 valence electrons. The van der Waals surface area contributed by atoms with Crippen molar-refractivity contribution in [3.05, 3.63) is 0 Å². The van der Waals surface area contributed by atoms with Gasteiger partial charge in [0.2, 0.25) is 0 Å². The molecule has 4 nitrogen and oxygen atoms in total. The van der Waals surface area contributed by atoms with Crippen LogP contribution in [0.15, 0.2) is 0 Å². The second kappa shape index (κ2) is 9.83. The van der Waals surface area contributed by atoms with Crippen molar-refractivity contribution in [2.24, 2.45) is 0 Å². The van der Waals surface area contributed by atoms with Crippen molar-refractivity contribution in [1.29, 1.82) is 0 Å². The molecule has 0 aromatic rings. The van der Waals surface area contributed by atoms with Gasteiger partial charge in [0.1, 0.15) is 0 Å². The Labute approximate surface area is 108 Å². The minimum atomic E-state index is 0.630. The van der Waals surface area contributed by atoms with E-state index in [2.05, 4.69) is 62.1 Å². The van der Waals surface area contributed by atoms with Gasteiger partial charge in [0.05, 0.1) is 0 Å². The normalized spacial score (nSPS) is 13.9. The Balaban J connectivity index is 3.67. The van der Waals surface area contributed by atoms with Gasteiger partial charge in [0.15, 0.2) is 0 Å². The highest BCUT2D eigenvalue weighted by atomic mass is 15.2. The van der Waals surface area contributed by atoms with Crippen LogP contribution in [-0.2, 0) is 0 Å². The van der Waals surface area contributed by atoms with Crippen molar-refractivity contribution in [1.82, 2.24) is 20.0 Å². The number of nitrogens with one attached hydrogen (secondary N) is 1. The third kappa shape index (κ3) is 9.53. The smallest absolute Gasteiger partial charge is 0.0195 e. The predicted molar refractivity (Wildman–Crippen MR) is 76.7 cm³/mol. The molecule has 0 bridgehead atoms. The van der Waals surface area contributed by atoms with Crippen LogP contribution in [0, 0.1) is 0 Å². The lowest BCUT2D eigenvalue weighted by Gasteiger charge is -2.30. The van der Waals surface area contributed by atoms with Crippen molar-refractivity contribution in [2.45, 2.75) is 19.9 Å². The number of likely N-dealkylation sites (N-methyl/N-ethyl adjacent to an activating group) is 3. The topological polar surface area (TPSA) is 21.8 Å². The number of hydrogen-bond donors (Lipinski definition) is 1. The molecule has 0 saturated heterocycles. The molecule has 4 heteroatoms. The Bertz CT molecular complexity index is 171. The minimum absolute atomic E-state index is 0.630. The van der Waals surface area contributed by atoms with Gasteiger partial charge in [-0.05, 0) is 41.7 Å². The van der Waals surface area contributed by atoms with E-state index in [4.69, 9.17) is 0 Å². The van der Waals surface area contributed by atoms with E-state index in [1.165, 1.54) is 0 Å². The van der Waals surface area contributed by atoms with Crippen LogP contribution in [0.4, 0.5) is 0 Å². The number of rotatable bonds is 10. The van der Waals surface area contributed by atoms with E-state index < -0.39 is 0 Å². The lowest BCUT2D eigenvalue weighted by molar-refractivity contribution is 0.182. The lowest BCUT2D eigenvalue weighted by Crippen LogP contribution is -2.43. The summed E-state index contributed by atoms with van der Waals surface area (Å²) < 4.78 is 0. The van der Waals surface area contributed by atoms with Gasteiger partial charge in [-0.2, -0.15) is 0 Å². The van der Waals surface area contributed by atoms with Crippen LogP contribution in [0.3, 0.4) is 0 Å². The molecular weight excluding hydrogens is 212 g/mol. The Kier molecular flexibility index (Phi) is 9.74. The monoisotopic (exact) mass is 244 g/mol. The first-order chi connectivity index (χ1) is 7.97. The summed E-state index contributed by atoms with van der Waals surface area (Å²) in [6.07, 6.45) is 0. The summed E-state index contributed by atoms with van der Waals surface area (Å²) in [7, 11) is 8.50. The highest BCUT2D eigenvalue weighted by Gasteiger charge is 2.11. The van der Waals surface area contributed by atoms with E-state index in [-0.39, 0.29) is 0 Å². The molecule has 0 fully saturated rings. The van der Waals surface area contributed by atoms with Crippen LogP contribution >= 0.6 is 0 Å². The van der Waals surface area contributed by atoms with Crippen LogP contribution in [-0.4, -0.2) is 88.2 Å². The van der Waals surface area contributed by atoms with E-state index in [0.29, 0.717) is 6.04 Å². The van der Waals surface area contributed by atoms with Gasteiger partial charge in [0.25, 0.3) is 0 Å². The molecule has 0 saturated carbocycles. The Morgan fingerprint density at radius 3 is 2.00 bits per heavy atom. The largest absolute Gasteiger partial charge is 0.314 e. The average molecular weight is 244 g/mol. The Morgan fingerprint density at radius 2 is 1.53 bits per heavy atom. The molecule has 0 spiro atoms. The molecule has 1 N–H and O–H groups in total. The fourth-order valence-electron chi connectivity index (χ4n) is 1.98. The van der Waals surface area contributed by atoms with Crippen LogP contribution in [0.1, 0.15) is 13.8 Å². The first-order valence-electron chi connectivity index (χ1n) is 6.71. The van der Waals surface area contributed by atoms with E-state index in [0.717, 1.165) is 39.3 Å². The second-order valence-corrected chi connectivity index (χ2v) is 5.29. The second-order valence-electron chi connectivity index (χ2n) is 5.29. The number of hydrogen-bond acceptors (Lipinski definition) is 4. The van der Waals surface area contributed by atoms with Crippen molar-refractivity contribution in [3.63, 3.8) is 0 Å². The van der Waals surface area contributed by atoms with Gasteiger partial charge < -0.3 is 15.1 Å². The molecule has 0 radical (unpaired) electrons. The Hall–Kier alpha value is -0.160. The SMILES string of the molecule is CCN(CCNCCN(C)C)C(C)CN(C)C. The van der Waals surface area contributed by atoms with E-state index in [1.807, 2.05) is 0 Å². The van der Waals surface area contributed by atoms with Crippen LogP contribution in [0.25, 0.3) is 0 Å². The summed E-state index contributed by atoms with van der Waals surface area (Å²) >= 11 is 0. The zero-order valence-corrected chi connectivity index (χ0v) is 12.7. The molecule has 0 aliphatic carbocycles. The molecule has 0 heterocycles. The van der Waals surface area contributed by atoms with Gasteiger partial charge in [-0.25, -0.2) is 0 Å². The van der Waals surface area contributed by atoms with Crippen molar-refractivity contribution in [3.8, 4) is 0 Å². The maximum Gasteiger partial charge on any atom is 0.0195 e. The fourth-order valence-corrected chi connectivity index (χ4v) is 1.98. The summed E-state index contributed by atoms with van der Waals surface area (Å²) in [5, 5.41) is 3.49. The van der Waals surface area contributed by atoms with Crippen molar-refractivity contribution >= 4 is 0 Å². The van der Waals surface area contributed by atoms with Crippen LogP contribution < -0.4 is 5.32 Å². The first kappa shape index (κ1) is 16.8. The number of nitrogens with zero attached hydrogens (tertiary/aromatic N) is 3. The average Bonchev–Trinajstić information content (AvgIpc) is 2.21. The van der Waals surface area contributed by atoms with E-state index >= 15 is 0 Å². The van der Waals surface area contributed by atoms with Crippen LogP contribution in [0.2, 0.25) is 0 Å². The highest BCUT2D eigenvalue weighted by Crippen LogP contribution is 1.98. The lowest BCUT2D eigenvalue weighted by atomic mass is 10.2. The zero-order valence-electron chi connectivity index (χ0n) is 12.7. The van der Waals surface area contributed by atoms with E-state index in [1.54, 1.807) is 0 Å². The molecule has 0 amide bonds. The quantitative estimate of drug-likeness (QED) is 0.562. The molecule has 17 heavy (non-hydrogen) atoms. The molecule has 0 aliphatic rings. The molecule has 1 unspecified atom stereocenters. The van der Waals surface area contributed by atoms with Crippen molar-refractivity contribution < 1.29 is 0 Å². The zero-order chi connectivity index (χ0) is 13.3. The standard InChI is InChI=1S/C13H32N4/c1-7-17(13(2)12-16(5)6)11-9-14-8-10-15(3)4/h13-14H,7-12H2,1-6H3. The summed E-state index contributed by atoms with van der Waals surface area (Å²) in [4.78, 5) is 6.99. The van der Waals surface area contributed by atoms with E-state index in [9.17, 15) is 0 Å². The minimum Gasteiger partial charge on any atom is -0.314 e. The van der Waals surface area contributed by atoms with Gasteiger partial charge in [-0.1, -0.05) is 6.92 Å². The third-order valence-corrected chi connectivity index (χ3v) is 2.97. The maximum absolute atomic E-state index is 3.49. The molecule has 0 rings (SSSR count). The van der Waals surface area contributed by atoms with Crippen LogP contribution in [0.5, 0.6) is 0 Å². The summed E-state index contributed by atoms with van der Waals surface area (Å²) in [5.74, 6) is 0. The molecule has 0 aliphatic heterocycles. The van der Waals surface area contributed by atoms with Crippen molar-refractivity contribution in [2.75, 3.05) is 67.5 Å². The van der Waals surface area contributed by atoms with Gasteiger partial charge in [0, 0.05) is 38.8 Å². The predicted octanol–water partition coefficient (Wildman–Crippen LogP) is 0.410. The first-order valence-corrected chi connectivity index (χ1v) is 6.71. The Morgan fingerprint density at radius 1 is 0.941 bits per heavy atom. The molecular formula is C13H32N4. The summed E-state index contributed by atoms with van der Waals surface area (Å²) in [5.41, 5.74) is 0. The van der Waals surface area contributed by atoms with Gasteiger partial charge in [-0.3, -0.25) is 4.90 Å².